The van der Waals surface area contributed by atoms with Crippen molar-refractivity contribution in [2.45, 2.75) is 39.5 Å². The maximum absolute atomic E-state index is 12.9. The standard InChI is InChI=1S/C10H11F.C8H15NO/c1-2-3-6-9-7-4-5-8-10(9)11;1-3-7-5-8(10)9(4-2)6-7/h2,4-5,7-8H,1,3,6H2;7H,3-6H2,1-2H3/t;7-/m.0/s1. The van der Waals surface area contributed by atoms with E-state index in [2.05, 4.69) is 13.5 Å². The van der Waals surface area contributed by atoms with E-state index in [0.717, 1.165) is 44.3 Å². The third-order valence-corrected chi connectivity index (χ3v) is 3.83. The molecule has 116 valence electrons. The first-order valence-corrected chi connectivity index (χ1v) is 7.74. The van der Waals surface area contributed by atoms with Crippen LogP contribution >= 0.6 is 0 Å². The molecule has 1 fully saturated rings. The number of benzene rings is 1. The molecule has 1 aliphatic rings. The summed E-state index contributed by atoms with van der Waals surface area (Å²) >= 11 is 0. The van der Waals surface area contributed by atoms with Crippen LogP contribution in [0.1, 0.15) is 38.7 Å². The lowest BCUT2D eigenvalue weighted by Crippen LogP contribution is -2.24. The van der Waals surface area contributed by atoms with Crippen molar-refractivity contribution < 1.29 is 9.18 Å². The van der Waals surface area contributed by atoms with E-state index < -0.39 is 0 Å². The summed E-state index contributed by atoms with van der Waals surface area (Å²) in [6.07, 6.45) is 5.30. The van der Waals surface area contributed by atoms with Crippen LogP contribution in [0, 0.1) is 11.7 Å². The van der Waals surface area contributed by atoms with Crippen molar-refractivity contribution in [3.05, 3.63) is 48.3 Å². The van der Waals surface area contributed by atoms with Crippen molar-refractivity contribution in [3.8, 4) is 0 Å². The Kier molecular flexibility index (Phi) is 7.73. The SMILES string of the molecule is C=CCCc1ccccc1F.CC[C@H]1CC(=O)N(CC)C1. The molecule has 0 aromatic heterocycles. The van der Waals surface area contributed by atoms with Crippen molar-refractivity contribution in [1.29, 1.82) is 0 Å². The van der Waals surface area contributed by atoms with Gasteiger partial charge in [-0.05, 0) is 37.3 Å². The van der Waals surface area contributed by atoms with Crippen molar-refractivity contribution >= 4 is 5.91 Å². The Morgan fingerprint density at radius 2 is 2.10 bits per heavy atom. The van der Waals surface area contributed by atoms with Gasteiger partial charge < -0.3 is 4.90 Å². The highest BCUT2D eigenvalue weighted by Crippen LogP contribution is 2.19. The van der Waals surface area contributed by atoms with Gasteiger partial charge in [0.05, 0.1) is 0 Å². The monoisotopic (exact) mass is 291 g/mol. The van der Waals surface area contributed by atoms with Gasteiger partial charge in [0.1, 0.15) is 5.82 Å². The zero-order valence-corrected chi connectivity index (χ0v) is 13.1. The van der Waals surface area contributed by atoms with Crippen molar-refractivity contribution in [1.82, 2.24) is 4.90 Å². The van der Waals surface area contributed by atoms with Crippen LogP contribution in [-0.4, -0.2) is 23.9 Å². The van der Waals surface area contributed by atoms with E-state index in [-0.39, 0.29) is 5.82 Å². The number of amides is 1. The molecule has 1 heterocycles. The Balaban J connectivity index is 0.000000211. The molecule has 2 nitrogen and oxygen atoms in total. The zero-order valence-electron chi connectivity index (χ0n) is 13.1. The molecule has 21 heavy (non-hydrogen) atoms. The summed E-state index contributed by atoms with van der Waals surface area (Å²) in [6.45, 7) is 9.65. The van der Waals surface area contributed by atoms with E-state index in [1.165, 1.54) is 6.07 Å². The minimum atomic E-state index is -0.116. The summed E-state index contributed by atoms with van der Waals surface area (Å²) in [5.41, 5.74) is 0.771. The van der Waals surface area contributed by atoms with E-state index in [4.69, 9.17) is 0 Å². The molecule has 0 aliphatic carbocycles. The predicted octanol–water partition coefficient (Wildman–Crippen LogP) is 4.21. The van der Waals surface area contributed by atoms with Gasteiger partial charge in [-0.3, -0.25) is 4.79 Å². The molecule has 1 aromatic rings. The summed E-state index contributed by atoms with van der Waals surface area (Å²) in [4.78, 5) is 13.0. The normalized spacial score (nSPS) is 17.4. The molecule has 0 N–H and O–H groups in total. The number of rotatable bonds is 5. The first-order chi connectivity index (χ1) is 10.1. The molecule has 1 saturated heterocycles. The van der Waals surface area contributed by atoms with Crippen LogP contribution in [0.25, 0.3) is 0 Å². The summed E-state index contributed by atoms with van der Waals surface area (Å²) in [5.74, 6) is 0.858. The number of carbonyl (C=O) groups excluding carboxylic acids is 1. The highest BCUT2D eigenvalue weighted by Gasteiger charge is 2.26. The molecule has 0 unspecified atom stereocenters. The fourth-order valence-electron chi connectivity index (χ4n) is 2.39. The van der Waals surface area contributed by atoms with Crippen LogP contribution in [0.3, 0.4) is 0 Å². The predicted molar refractivity (Wildman–Crippen MR) is 85.6 cm³/mol. The molecule has 0 saturated carbocycles. The van der Waals surface area contributed by atoms with Crippen molar-refractivity contribution in [3.63, 3.8) is 0 Å². The summed E-state index contributed by atoms with van der Waals surface area (Å²) in [6, 6.07) is 6.84. The van der Waals surface area contributed by atoms with Crippen LogP contribution in [0.2, 0.25) is 0 Å². The Bertz CT molecular complexity index is 458. The van der Waals surface area contributed by atoms with Gasteiger partial charge in [0.15, 0.2) is 0 Å². The molecule has 1 aromatic carbocycles. The maximum Gasteiger partial charge on any atom is 0.222 e. The van der Waals surface area contributed by atoms with Crippen LogP contribution < -0.4 is 0 Å². The highest BCUT2D eigenvalue weighted by atomic mass is 19.1. The third kappa shape index (κ3) is 5.70. The molecule has 1 atom stereocenters. The van der Waals surface area contributed by atoms with Gasteiger partial charge in [-0.1, -0.05) is 37.6 Å². The molecule has 0 spiro atoms. The molecule has 3 heteroatoms. The van der Waals surface area contributed by atoms with Gasteiger partial charge in [-0.15, -0.1) is 6.58 Å². The summed E-state index contributed by atoms with van der Waals surface area (Å²) < 4.78 is 12.9. The Morgan fingerprint density at radius 3 is 2.57 bits per heavy atom. The molecule has 0 radical (unpaired) electrons. The molecule has 1 amide bonds. The molecule has 0 bridgehead atoms. The van der Waals surface area contributed by atoms with Crippen molar-refractivity contribution in [2.75, 3.05) is 13.1 Å². The van der Waals surface area contributed by atoms with Crippen LogP contribution in [-0.2, 0) is 11.2 Å². The highest BCUT2D eigenvalue weighted by molar-refractivity contribution is 5.78. The number of carbonyl (C=O) groups is 1. The van der Waals surface area contributed by atoms with Crippen molar-refractivity contribution in [2.24, 2.45) is 5.92 Å². The quantitative estimate of drug-likeness (QED) is 0.744. The number of aryl methyl sites for hydroxylation is 1. The zero-order chi connectivity index (χ0) is 15.7. The largest absolute Gasteiger partial charge is 0.343 e. The minimum Gasteiger partial charge on any atom is -0.343 e. The van der Waals surface area contributed by atoms with E-state index in [9.17, 15) is 9.18 Å². The van der Waals surface area contributed by atoms with Crippen LogP contribution in [0.15, 0.2) is 36.9 Å². The first kappa shape index (κ1) is 17.4. The lowest BCUT2D eigenvalue weighted by Gasteiger charge is -2.12. The summed E-state index contributed by atoms with van der Waals surface area (Å²) in [7, 11) is 0. The number of halogens is 1. The number of allylic oxidation sites excluding steroid dienone is 1. The second-order valence-corrected chi connectivity index (χ2v) is 5.33. The smallest absolute Gasteiger partial charge is 0.222 e. The molecular weight excluding hydrogens is 265 g/mol. The second-order valence-electron chi connectivity index (χ2n) is 5.33. The molecule has 1 aliphatic heterocycles. The number of hydrogen-bond acceptors (Lipinski definition) is 1. The fraction of sp³-hybridized carbons (Fsp3) is 0.500. The van der Waals surface area contributed by atoms with E-state index >= 15 is 0 Å². The number of nitrogens with zero attached hydrogens (tertiary/aromatic N) is 1. The lowest BCUT2D eigenvalue weighted by atomic mass is 10.1. The van der Waals surface area contributed by atoms with E-state index in [1.54, 1.807) is 18.2 Å². The van der Waals surface area contributed by atoms with E-state index in [0.29, 0.717) is 11.8 Å². The fourth-order valence-corrected chi connectivity index (χ4v) is 2.39. The molecular formula is C18H26FNO. The number of hydrogen-bond donors (Lipinski definition) is 0. The first-order valence-electron chi connectivity index (χ1n) is 7.74. The van der Waals surface area contributed by atoms with Gasteiger partial charge >= 0.3 is 0 Å². The average Bonchev–Trinajstić information content (AvgIpc) is 2.87. The number of likely N-dealkylation sites (tertiary alicyclic amines) is 1. The average molecular weight is 291 g/mol. The van der Waals surface area contributed by atoms with Gasteiger partial charge in [-0.2, -0.15) is 0 Å². The Morgan fingerprint density at radius 1 is 1.38 bits per heavy atom. The maximum atomic E-state index is 12.9. The molecule has 2 rings (SSSR count). The topological polar surface area (TPSA) is 20.3 Å². The van der Waals surface area contributed by atoms with E-state index in [1.807, 2.05) is 17.9 Å². The van der Waals surface area contributed by atoms with Crippen LogP contribution in [0.4, 0.5) is 4.39 Å². The Labute approximate surface area is 127 Å². The second kappa shape index (κ2) is 9.32. The minimum absolute atomic E-state index is 0.116. The van der Waals surface area contributed by atoms with Gasteiger partial charge in [-0.25, -0.2) is 4.39 Å². The van der Waals surface area contributed by atoms with Gasteiger partial charge in [0.25, 0.3) is 0 Å². The third-order valence-electron chi connectivity index (χ3n) is 3.83. The lowest BCUT2D eigenvalue weighted by molar-refractivity contribution is -0.127. The summed E-state index contributed by atoms with van der Waals surface area (Å²) in [5, 5.41) is 0. The van der Waals surface area contributed by atoms with Gasteiger partial charge in [0, 0.05) is 19.5 Å². The van der Waals surface area contributed by atoms with Gasteiger partial charge in [0.2, 0.25) is 5.91 Å². The Hall–Kier alpha value is -1.64. The van der Waals surface area contributed by atoms with Crippen LogP contribution in [0.5, 0.6) is 0 Å².